The Morgan fingerprint density at radius 1 is 1.38 bits per heavy atom. The summed E-state index contributed by atoms with van der Waals surface area (Å²) in [4.78, 5) is 14.0. The summed E-state index contributed by atoms with van der Waals surface area (Å²) >= 11 is 0. The fourth-order valence-electron chi connectivity index (χ4n) is 3.13. The summed E-state index contributed by atoms with van der Waals surface area (Å²) in [6.45, 7) is 7.15. The minimum Gasteiger partial charge on any atom is -0.480 e. The maximum absolute atomic E-state index is 11.7. The van der Waals surface area contributed by atoms with Crippen molar-refractivity contribution in [2.75, 3.05) is 18.0 Å². The average molecular weight is 290 g/mol. The number of carboxylic acid groups (broad SMARTS) is 1. The molecule has 116 valence electrons. The summed E-state index contributed by atoms with van der Waals surface area (Å²) in [6, 6.07) is 8.49. The summed E-state index contributed by atoms with van der Waals surface area (Å²) in [7, 11) is 0. The number of nitrogens with zero attached hydrogens (tertiary/aromatic N) is 1. The van der Waals surface area contributed by atoms with Crippen LogP contribution in [0, 0.1) is 0 Å². The van der Waals surface area contributed by atoms with Crippen molar-refractivity contribution in [1.82, 2.24) is 5.32 Å². The third-order valence-electron chi connectivity index (χ3n) is 4.04. The molecule has 4 nitrogen and oxygen atoms in total. The van der Waals surface area contributed by atoms with Crippen LogP contribution in [-0.2, 0) is 11.2 Å². The van der Waals surface area contributed by atoms with E-state index in [0.717, 1.165) is 25.8 Å². The van der Waals surface area contributed by atoms with Crippen LogP contribution in [-0.4, -0.2) is 35.7 Å². The number of rotatable bonds is 5. The Morgan fingerprint density at radius 2 is 2.10 bits per heavy atom. The molecule has 1 aromatic rings. The number of carboxylic acids is 1. The molecule has 1 aromatic carbocycles. The summed E-state index contributed by atoms with van der Waals surface area (Å²) in [5.41, 5.74) is 1.58. The van der Waals surface area contributed by atoms with Crippen molar-refractivity contribution in [1.29, 1.82) is 0 Å². The molecule has 0 radical (unpaired) electrons. The molecule has 0 saturated carbocycles. The Hall–Kier alpha value is -1.55. The van der Waals surface area contributed by atoms with Crippen LogP contribution in [0.1, 0.15) is 39.2 Å². The first-order valence-corrected chi connectivity index (χ1v) is 7.76. The van der Waals surface area contributed by atoms with Gasteiger partial charge in [-0.3, -0.25) is 10.1 Å². The van der Waals surface area contributed by atoms with Gasteiger partial charge in [-0.25, -0.2) is 0 Å². The zero-order valence-electron chi connectivity index (χ0n) is 13.2. The third kappa shape index (κ3) is 3.76. The van der Waals surface area contributed by atoms with Gasteiger partial charge in [-0.15, -0.1) is 0 Å². The number of carbonyl (C=O) groups is 1. The van der Waals surface area contributed by atoms with Gasteiger partial charge in [0.2, 0.25) is 0 Å². The van der Waals surface area contributed by atoms with Gasteiger partial charge < -0.3 is 10.0 Å². The normalized spacial score (nSPS) is 18.0. The van der Waals surface area contributed by atoms with Crippen LogP contribution in [0.5, 0.6) is 0 Å². The molecule has 0 amide bonds. The predicted octanol–water partition coefficient (Wildman–Crippen LogP) is 2.67. The molecule has 1 aliphatic heterocycles. The first-order chi connectivity index (χ1) is 9.92. The lowest BCUT2D eigenvalue weighted by molar-refractivity contribution is -0.144. The van der Waals surface area contributed by atoms with Crippen molar-refractivity contribution in [3.8, 4) is 0 Å². The summed E-state index contributed by atoms with van der Waals surface area (Å²) in [5, 5.41) is 12.9. The molecular formula is C17H26N2O2. The second-order valence-corrected chi connectivity index (χ2v) is 6.44. The molecule has 0 saturated heterocycles. The molecule has 0 bridgehead atoms. The summed E-state index contributed by atoms with van der Waals surface area (Å²) < 4.78 is 0. The Balaban J connectivity index is 2.26. The van der Waals surface area contributed by atoms with Gasteiger partial charge >= 0.3 is 5.97 Å². The first kappa shape index (κ1) is 15.8. The topological polar surface area (TPSA) is 52.6 Å². The van der Waals surface area contributed by atoms with Crippen LogP contribution in [0.4, 0.5) is 5.69 Å². The maximum Gasteiger partial charge on any atom is 0.325 e. The molecule has 21 heavy (non-hydrogen) atoms. The van der Waals surface area contributed by atoms with Crippen molar-refractivity contribution in [2.45, 2.75) is 51.6 Å². The SMILES string of the molecule is CC(C)NC(C)(CN1CCCCc2ccccc21)C(=O)O. The molecule has 1 heterocycles. The van der Waals surface area contributed by atoms with Gasteiger partial charge in [-0.05, 0) is 51.7 Å². The van der Waals surface area contributed by atoms with Gasteiger partial charge in [0.1, 0.15) is 5.54 Å². The van der Waals surface area contributed by atoms with Crippen LogP contribution in [0.2, 0.25) is 0 Å². The van der Waals surface area contributed by atoms with Crippen LogP contribution in [0.3, 0.4) is 0 Å². The van der Waals surface area contributed by atoms with E-state index in [-0.39, 0.29) is 6.04 Å². The molecule has 2 rings (SSSR count). The van der Waals surface area contributed by atoms with E-state index < -0.39 is 11.5 Å². The second kappa shape index (κ2) is 6.48. The smallest absolute Gasteiger partial charge is 0.325 e. The van der Waals surface area contributed by atoms with Crippen molar-refractivity contribution in [3.05, 3.63) is 29.8 Å². The number of hydrogen-bond donors (Lipinski definition) is 2. The Labute approximate surface area is 127 Å². The quantitative estimate of drug-likeness (QED) is 0.875. The average Bonchev–Trinajstić information content (AvgIpc) is 2.60. The van der Waals surface area contributed by atoms with Crippen LogP contribution >= 0.6 is 0 Å². The largest absolute Gasteiger partial charge is 0.480 e. The van der Waals surface area contributed by atoms with Crippen LogP contribution in [0.25, 0.3) is 0 Å². The molecule has 1 unspecified atom stereocenters. The van der Waals surface area contributed by atoms with Crippen molar-refractivity contribution in [3.63, 3.8) is 0 Å². The highest BCUT2D eigenvalue weighted by molar-refractivity contribution is 5.79. The molecule has 1 atom stereocenters. The lowest BCUT2D eigenvalue weighted by atomic mass is 9.99. The zero-order chi connectivity index (χ0) is 15.5. The summed E-state index contributed by atoms with van der Waals surface area (Å²) in [6.07, 6.45) is 3.34. The van der Waals surface area contributed by atoms with E-state index in [9.17, 15) is 9.90 Å². The van der Waals surface area contributed by atoms with Crippen molar-refractivity contribution >= 4 is 11.7 Å². The fourth-order valence-corrected chi connectivity index (χ4v) is 3.13. The van der Waals surface area contributed by atoms with E-state index in [1.807, 2.05) is 19.9 Å². The predicted molar refractivity (Wildman–Crippen MR) is 85.9 cm³/mol. The molecule has 0 aliphatic carbocycles. The van der Waals surface area contributed by atoms with E-state index in [1.54, 1.807) is 6.92 Å². The zero-order valence-corrected chi connectivity index (χ0v) is 13.2. The van der Waals surface area contributed by atoms with Gasteiger partial charge in [0.05, 0.1) is 0 Å². The number of benzene rings is 1. The van der Waals surface area contributed by atoms with E-state index in [4.69, 9.17) is 0 Å². The molecule has 1 aliphatic rings. The molecule has 0 fully saturated rings. The standard InChI is InChI=1S/C17H26N2O2/c1-13(2)18-17(3,16(20)21)12-19-11-7-6-9-14-8-4-5-10-15(14)19/h4-5,8,10,13,18H,6-7,9,11-12H2,1-3H3,(H,20,21). The number of aliphatic carboxylic acids is 1. The van der Waals surface area contributed by atoms with Gasteiger partial charge in [-0.1, -0.05) is 18.2 Å². The van der Waals surface area contributed by atoms with Crippen molar-refractivity contribution in [2.24, 2.45) is 0 Å². The number of nitrogens with one attached hydrogen (secondary N) is 1. The van der Waals surface area contributed by atoms with Gasteiger partial charge in [0.25, 0.3) is 0 Å². The van der Waals surface area contributed by atoms with E-state index in [0.29, 0.717) is 6.54 Å². The highest BCUT2D eigenvalue weighted by Crippen LogP contribution is 2.27. The Kier molecular flexibility index (Phi) is 4.88. The van der Waals surface area contributed by atoms with Gasteiger partial charge in [0.15, 0.2) is 0 Å². The van der Waals surface area contributed by atoms with Gasteiger partial charge in [-0.2, -0.15) is 0 Å². The number of fused-ring (bicyclic) bond motifs is 1. The highest BCUT2D eigenvalue weighted by Gasteiger charge is 2.36. The molecule has 0 aromatic heterocycles. The second-order valence-electron chi connectivity index (χ2n) is 6.44. The minimum absolute atomic E-state index is 0.133. The Bertz CT molecular complexity index is 501. The molecule has 4 heteroatoms. The first-order valence-electron chi connectivity index (χ1n) is 7.76. The molecular weight excluding hydrogens is 264 g/mol. The number of anilines is 1. The van der Waals surface area contributed by atoms with Gasteiger partial charge in [0, 0.05) is 24.8 Å². The maximum atomic E-state index is 11.7. The lowest BCUT2D eigenvalue weighted by Gasteiger charge is -2.36. The number of hydrogen-bond acceptors (Lipinski definition) is 3. The van der Waals surface area contributed by atoms with E-state index in [1.165, 1.54) is 11.3 Å². The fraction of sp³-hybridized carbons (Fsp3) is 0.588. The molecule has 0 spiro atoms. The lowest BCUT2D eigenvalue weighted by Crippen LogP contribution is -2.59. The third-order valence-corrected chi connectivity index (χ3v) is 4.04. The number of aryl methyl sites for hydroxylation is 1. The monoisotopic (exact) mass is 290 g/mol. The number of para-hydroxylation sites is 1. The Morgan fingerprint density at radius 3 is 2.76 bits per heavy atom. The van der Waals surface area contributed by atoms with Crippen LogP contribution < -0.4 is 10.2 Å². The highest BCUT2D eigenvalue weighted by atomic mass is 16.4. The van der Waals surface area contributed by atoms with Crippen molar-refractivity contribution < 1.29 is 9.90 Å². The van der Waals surface area contributed by atoms with E-state index >= 15 is 0 Å². The summed E-state index contributed by atoms with van der Waals surface area (Å²) in [5.74, 6) is -0.794. The van der Waals surface area contributed by atoms with E-state index in [2.05, 4.69) is 28.4 Å². The minimum atomic E-state index is -0.939. The molecule has 2 N–H and O–H groups in total. The van der Waals surface area contributed by atoms with Crippen LogP contribution in [0.15, 0.2) is 24.3 Å².